The number of carbonyl (C=O) groups is 1. The molecule has 0 spiro atoms. The number of ether oxygens (including phenoxy) is 1. The Morgan fingerprint density at radius 2 is 2.24 bits per heavy atom. The summed E-state index contributed by atoms with van der Waals surface area (Å²) in [5, 5.41) is 11.8. The number of rotatable bonds is 5. The van der Waals surface area contributed by atoms with Crippen LogP contribution >= 0.6 is 11.3 Å². The molecule has 4 heteroatoms. The summed E-state index contributed by atoms with van der Waals surface area (Å²) >= 11 is 1.65. The molecule has 0 atom stereocenters. The van der Waals surface area contributed by atoms with Crippen LogP contribution in [-0.4, -0.2) is 18.2 Å². The summed E-state index contributed by atoms with van der Waals surface area (Å²) in [6.07, 6.45) is 1.69. The number of benzene rings is 1. The van der Waals surface area contributed by atoms with E-state index in [0.717, 1.165) is 16.9 Å². The highest BCUT2D eigenvalue weighted by atomic mass is 32.1. The molecule has 0 radical (unpaired) electrons. The zero-order valence-corrected chi connectivity index (χ0v) is 10.4. The fourth-order valence-corrected chi connectivity index (χ4v) is 2.84. The summed E-state index contributed by atoms with van der Waals surface area (Å²) in [6.45, 7) is 0. The molecule has 0 fully saturated rings. The van der Waals surface area contributed by atoms with Gasteiger partial charge in [0.2, 0.25) is 0 Å². The smallest absolute Gasteiger partial charge is 0.303 e. The van der Waals surface area contributed by atoms with Crippen LogP contribution in [0, 0.1) is 0 Å². The first-order valence-corrected chi connectivity index (χ1v) is 6.35. The fourth-order valence-electron chi connectivity index (χ4n) is 1.90. The Hall–Kier alpha value is -1.55. The molecule has 0 aliphatic carbocycles. The lowest BCUT2D eigenvalue weighted by molar-refractivity contribution is -0.137. The van der Waals surface area contributed by atoms with Crippen LogP contribution in [0.2, 0.25) is 0 Å². The molecule has 1 aromatic carbocycles. The molecule has 0 bridgehead atoms. The average Bonchev–Trinajstić information content (AvgIpc) is 2.78. The van der Waals surface area contributed by atoms with Crippen LogP contribution in [-0.2, 0) is 11.2 Å². The molecular weight excluding hydrogens is 236 g/mol. The molecule has 2 rings (SSSR count). The maximum absolute atomic E-state index is 10.5. The van der Waals surface area contributed by atoms with Gasteiger partial charge in [0.05, 0.1) is 11.8 Å². The molecule has 0 saturated carbocycles. The van der Waals surface area contributed by atoms with Crippen LogP contribution < -0.4 is 4.74 Å². The minimum atomic E-state index is -0.736. The first-order valence-electron chi connectivity index (χ1n) is 5.47. The monoisotopic (exact) mass is 250 g/mol. The van der Waals surface area contributed by atoms with Crippen LogP contribution in [0.3, 0.4) is 0 Å². The van der Waals surface area contributed by atoms with Gasteiger partial charge in [-0.25, -0.2) is 0 Å². The Kier molecular flexibility index (Phi) is 3.64. The van der Waals surface area contributed by atoms with Crippen LogP contribution in [0.15, 0.2) is 23.6 Å². The second-order valence-corrected chi connectivity index (χ2v) is 4.75. The van der Waals surface area contributed by atoms with Gasteiger partial charge in [-0.1, -0.05) is 6.07 Å². The summed E-state index contributed by atoms with van der Waals surface area (Å²) < 4.78 is 6.44. The van der Waals surface area contributed by atoms with E-state index in [1.54, 1.807) is 18.4 Å². The van der Waals surface area contributed by atoms with Crippen molar-refractivity contribution >= 4 is 27.4 Å². The molecular formula is C13H14O3S. The highest BCUT2D eigenvalue weighted by molar-refractivity contribution is 7.17. The van der Waals surface area contributed by atoms with Crippen molar-refractivity contribution in [3.8, 4) is 5.75 Å². The molecule has 3 nitrogen and oxygen atoms in total. The fraction of sp³-hybridized carbons (Fsp3) is 0.308. The van der Waals surface area contributed by atoms with Gasteiger partial charge in [-0.3, -0.25) is 4.79 Å². The SMILES string of the molecule is COc1ccc(CCCC(=O)O)c2ccsc12. The molecule has 2 aromatic rings. The van der Waals surface area contributed by atoms with Crippen molar-refractivity contribution in [1.29, 1.82) is 0 Å². The molecule has 0 amide bonds. The molecule has 17 heavy (non-hydrogen) atoms. The van der Waals surface area contributed by atoms with E-state index in [-0.39, 0.29) is 6.42 Å². The van der Waals surface area contributed by atoms with Gasteiger partial charge in [0.25, 0.3) is 0 Å². The average molecular weight is 250 g/mol. The van der Waals surface area contributed by atoms with Gasteiger partial charge < -0.3 is 9.84 Å². The van der Waals surface area contributed by atoms with Crippen molar-refractivity contribution in [2.24, 2.45) is 0 Å². The number of fused-ring (bicyclic) bond motifs is 1. The maximum Gasteiger partial charge on any atom is 0.303 e. The minimum absolute atomic E-state index is 0.220. The summed E-state index contributed by atoms with van der Waals surface area (Å²) in [7, 11) is 1.67. The number of thiophene rings is 1. The Bertz CT molecular complexity index is 530. The van der Waals surface area contributed by atoms with Crippen LogP contribution in [0.5, 0.6) is 5.75 Å². The minimum Gasteiger partial charge on any atom is -0.495 e. The van der Waals surface area contributed by atoms with Gasteiger partial charge in [-0.15, -0.1) is 11.3 Å². The Morgan fingerprint density at radius 1 is 1.41 bits per heavy atom. The largest absolute Gasteiger partial charge is 0.495 e. The van der Waals surface area contributed by atoms with Gasteiger partial charge in [0.15, 0.2) is 0 Å². The van der Waals surface area contributed by atoms with E-state index in [1.165, 1.54) is 10.9 Å². The third-order valence-corrected chi connectivity index (χ3v) is 3.66. The van der Waals surface area contributed by atoms with E-state index in [4.69, 9.17) is 9.84 Å². The van der Waals surface area contributed by atoms with Gasteiger partial charge in [0, 0.05) is 6.42 Å². The summed E-state index contributed by atoms with van der Waals surface area (Å²) in [5.74, 6) is 0.150. The predicted molar refractivity (Wildman–Crippen MR) is 69.0 cm³/mol. The second-order valence-electron chi connectivity index (χ2n) is 3.84. The number of aryl methyl sites for hydroxylation is 1. The van der Waals surface area contributed by atoms with Gasteiger partial charge >= 0.3 is 5.97 Å². The lowest BCUT2D eigenvalue weighted by Crippen LogP contribution is -1.96. The number of hydrogen-bond donors (Lipinski definition) is 1. The molecule has 90 valence electrons. The number of hydrogen-bond acceptors (Lipinski definition) is 3. The van der Waals surface area contributed by atoms with Crippen molar-refractivity contribution in [3.63, 3.8) is 0 Å². The highest BCUT2D eigenvalue weighted by Crippen LogP contribution is 2.33. The standard InChI is InChI=1S/C13H14O3S/c1-16-11-6-5-9(3-2-4-12(14)15)10-7-8-17-13(10)11/h5-8H,2-4H2,1H3,(H,14,15). The van der Waals surface area contributed by atoms with Crippen molar-refractivity contribution in [2.75, 3.05) is 7.11 Å². The number of carboxylic acid groups (broad SMARTS) is 1. The van der Waals surface area contributed by atoms with Crippen molar-refractivity contribution in [2.45, 2.75) is 19.3 Å². The molecule has 0 saturated heterocycles. The highest BCUT2D eigenvalue weighted by Gasteiger charge is 2.08. The Morgan fingerprint density at radius 3 is 2.94 bits per heavy atom. The molecule has 0 unspecified atom stereocenters. The Balaban J connectivity index is 2.23. The summed E-state index contributed by atoms with van der Waals surface area (Å²) in [4.78, 5) is 10.5. The van der Waals surface area contributed by atoms with E-state index in [9.17, 15) is 4.79 Å². The quantitative estimate of drug-likeness (QED) is 0.885. The van der Waals surface area contributed by atoms with Crippen LogP contribution in [0.4, 0.5) is 0 Å². The topological polar surface area (TPSA) is 46.5 Å². The molecule has 1 aromatic heterocycles. The lowest BCUT2D eigenvalue weighted by atomic mass is 10.0. The predicted octanol–water partition coefficient (Wildman–Crippen LogP) is 3.32. The van der Waals surface area contributed by atoms with Gasteiger partial charge in [-0.2, -0.15) is 0 Å². The van der Waals surface area contributed by atoms with Crippen molar-refractivity contribution in [1.82, 2.24) is 0 Å². The van der Waals surface area contributed by atoms with E-state index >= 15 is 0 Å². The molecule has 1 N–H and O–H groups in total. The molecule has 0 aliphatic rings. The molecule has 1 heterocycles. The van der Waals surface area contributed by atoms with Crippen LogP contribution in [0.1, 0.15) is 18.4 Å². The normalized spacial score (nSPS) is 10.6. The zero-order valence-electron chi connectivity index (χ0n) is 9.60. The third kappa shape index (κ3) is 2.58. The van der Waals surface area contributed by atoms with Crippen LogP contribution in [0.25, 0.3) is 10.1 Å². The number of aliphatic carboxylic acids is 1. The molecule has 0 aliphatic heterocycles. The Labute approximate surface area is 104 Å². The van der Waals surface area contributed by atoms with E-state index < -0.39 is 5.97 Å². The third-order valence-electron chi connectivity index (χ3n) is 2.73. The summed E-state index contributed by atoms with van der Waals surface area (Å²) in [5.41, 5.74) is 1.20. The van der Waals surface area contributed by atoms with Crippen molar-refractivity contribution < 1.29 is 14.6 Å². The van der Waals surface area contributed by atoms with Gasteiger partial charge in [-0.05, 0) is 41.3 Å². The van der Waals surface area contributed by atoms with Crippen molar-refractivity contribution in [3.05, 3.63) is 29.1 Å². The number of carboxylic acids is 1. The first kappa shape index (κ1) is 11.9. The van der Waals surface area contributed by atoms with E-state index in [0.29, 0.717) is 6.42 Å². The lowest BCUT2D eigenvalue weighted by Gasteiger charge is -2.06. The maximum atomic E-state index is 10.5. The van der Waals surface area contributed by atoms with E-state index in [2.05, 4.69) is 6.07 Å². The van der Waals surface area contributed by atoms with E-state index in [1.807, 2.05) is 17.5 Å². The second kappa shape index (κ2) is 5.19. The first-order chi connectivity index (χ1) is 8.22. The zero-order chi connectivity index (χ0) is 12.3. The number of methoxy groups -OCH3 is 1. The summed E-state index contributed by atoms with van der Waals surface area (Å²) in [6, 6.07) is 6.04. The van der Waals surface area contributed by atoms with Gasteiger partial charge in [0.1, 0.15) is 5.75 Å².